The van der Waals surface area contributed by atoms with E-state index in [9.17, 15) is 14.7 Å². The maximum Gasteiger partial charge on any atom is 0.307 e. The lowest BCUT2D eigenvalue weighted by Crippen LogP contribution is -2.13. The fourth-order valence-electron chi connectivity index (χ4n) is 3.95. The van der Waals surface area contributed by atoms with Gasteiger partial charge in [0.15, 0.2) is 0 Å². The summed E-state index contributed by atoms with van der Waals surface area (Å²) >= 11 is 0. The number of fused-ring (bicyclic) bond motifs is 1. The van der Waals surface area contributed by atoms with Crippen LogP contribution >= 0.6 is 0 Å². The Morgan fingerprint density at radius 3 is 2.41 bits per heavy atom. The number of carboxylic acids is 1. The number of carbonyl (C=O) groups excluding carboxylic acids is 1. The number of hydrogen-bond acceptors (Lipinski definition) is 4. The third-order valence-electron chi connectivity index (χ3n) is 5.58. The molecule has 1 N–H and O–H groups in total. The molecule has 4 rings (SSSR count). The Bertz CT molecular complexity index is 1280. The molecule has 0 saturated heterocycles. The molecule has 0 atom stereocenters. The summed E-state index contributed by atoms with van der Waals surface area (Å²) in [5, 5.41) is 9.96. The molecule has 0 aliphatic carbocycles. The Morgan fingerprint density at radius 1 is 0.912 bits per heavy atom. The molecule has 0 unspecified atom stereocenters. The van der Waals surface area contributed by atoms with Crippen molar-refractivity contribution in [2.75, 3.05) is 13.2 Å². The molecule has 6 nitrogen and oxygen atoms in total. The average molecular weight is 458 g/mol. The van der Waals surface area contributed by atoms with Gasteiger partial charge in [-0.25, -0.2) is 0 Å². The molecule has 6 heteroatoms. The Balaban J connectivity index is 1.34. The number of benzene rings is 3. The van der Waals surface area contributed by atoms with Gasteiger partial charge in [0, 0.05) is 23.1 Å². The van der Waals surface area contributed by atoms with Crippen LogP contribution in [-0.2, 0) is 22.6 Å². The van der Waals surface area contributed by atoms with E-state index >= 15 is 0 Å². The highest BCUT2D eigenvalue weighted by molar-refractivity contribution is 6.04. The van der Waals surface area contributed by atoms with Crippen LogP contribution in [0.5, 0.6) is 5.75 Å². The molecule has 0 spiro atoms. The number of rotatable bonds is 10. The Labute approximate surface area is 198 Å². The maximum absolute atomic E-state index is 13.2. The normalized spacial score (nSPS) is 11.0. The smallest absolute Gasteiger partial charge is 0.307 e. The van der Waals surface area contributed by atoms with Crippen LogP contribution in [-0.4, -0.2) is 34.8 Å². The van der Waals surface area contributed by atoms with Gasteiger partial charge in [-0.05, 0) is 54.4 Å². The fourth-order valence-corrected chi connectivity index (χ4v) is 3.95. The molecule has 4 aromatic rings. The minimum atomic E-state index is -0.900. The average Bonchev–Trinajstić information content (AvgIpc) is 3.18. The van der Waals surface area contributed by atoms with Crippen molar-refractivity contribution in [1.29, 1.82) is 0 Å². The van der Waals surface area contributed by atoms with Gasteiger partial charge in [0.2, 0.25) is 0 Å². The summed E-state index contributed by atoms with van der Waals surface area (Å²) in [6.45, 7) is 3.56. The van der Waals surface area contributed by atoms with E-state index in [1.165, 1.54) is 0 Å². The van der Waals surface area contributed by atoms with Gasteiger partial charge in [-0.15, -0.1) is 0 Å². The van der Waals surface area contributed by atoms with Gasteiger partial charge in [0.1, 0.15) is 5.75 Å². The number of ether oxygens (including phenoxy) is 2. The second-order valence-corrected chi connectivity index (χ2v) is 8.11. The highest BCUT2D eigenvalue weighted by Gasteiger charge is 2.17. The first-order valence-corrected chi connectivity index (χ1v) is 11.2. The zero-order valence-corrected chi connectivity index (χ0v) is 19.1. The van der Waals surface area contributed by atoms with E-state index in [0.717, 1.165) is 23.1 Å². The third kappa shape index (κ3) is 5.53. The van der Waals surface area contributed by atoms with E-state index in [-0.39, 0.29) is 12.3 Å². The molecule has 0 radical (unpaired) electrons. The summed E-state index contributed by atoms with van der Waals surface area (Å²) in [6.07, 6.45) is 0.680. The van der Waals surface area contributed by atoms with E-state index in [1.807, 2.05) is 49.4 Å². The summed E-state index contributed by atoms with van der Waals surface area (Å²) in [7, 11) is 0. The van der Waals surface area contributed by atoms with Gasteiger partial charge in [-0.1, -0.05) is 42.5 Å². The van der Waals surface area contributed by atoms with Gasteiger partial charge in [-0.3, -0.25) is 14.2 Å². The third-order valence-corrected chi connectivity index (χ3v) is 5.58. The van der Waals surface area contributed by atoms with Crippen LogP contribution in [0.3, 0.4) is 0 Å². The molecular weight excluding hydrogens is 430 g/mol. The molecule has 0 bridgehead atoms. The van der Waals surface area contributed by atoms with Crippen LogP contribution in [0.15, 0.2) is 78.9 Å². The van der Waals surface area contributed by atoms with Crippen molar-refractivity contribution in [2.45, 2.75) is 26.4 Å². The fraction of sp³-hybridized carbons (Fsp3) is 0.214. The molecule has 34 heavy (non-hydrogen) atoms. The lowest BCUT2D eigenvalue weighted by Gasteiger charge is -2.10. The number of carbonyl (C=O) groups is 2. The highest BCUT2D eigenvalue weighted by Crippen LogP contribution is 2.25. The van der Waals surface area contributed by atoms with Gasteiger partial charge in [0.25, 0.3) is 5.91 Å². The summed E-state index contributed by atoms with van der Waals surface area (Å²) < 4.78 is 13.1. The second-order valence-electron chi connectivity index (χ2n) is 8.11. The Hall–Kier alpha value is -3.90. The Morgan fingerprint density at radius 2 is 1.68 bits per heavy atom. The van der Waals surface area contributed by atoms with Gasteiger partial charge in [0.05, 0.1) is 31.8 Å². The van der Waals surface area contributed by atoms with E-state index in [0.29, 0.717) is 42.2 Å². The van der Waals surface area contributed by atoms with Crippen molar-refractivity contribution in [1.82, 2.24) is 4.57 Å². The molecule has 0 saturated carbocycles. The number of aromatic nitrogens is 1. The zero-order valence-electron chi connectivity index (χ0n) is 19.1. The van der Waals surface area contributed by atoms with Crippen molar-refractivity contribution in [2.24, 2.45) is 0 Å². The van der Waals surface area contributed by atoms with Crippen molar-refractivity contribution in [3.05, 3.63) is 101 Å². The molecule has 3 aromatic carbocycles. The summed E-state index contributed by atoms with van der Waals surface area (Å²) in [5.74, 6) is -0.374. The molecular formula is C28H27NO5. The van der Waals surface area contributed by atoms with E-state index in [2.05, 4.69) is 0 Å². The van der Waals surface area contributed by atoms with Crippen molar-refractivity contribution >= 4 is 22.8 Å². The minimum Gasteiger partial charge on any atom is -0.494 e. The summed E-state index contributed by atoms with van der Waals surface area (Å²) in [5.41, 5.74) is 3.83. The molecule has 1 heterocycles. The topological polar surface area (TPSA) is 77.8 Å². The van der Waals surface area contributed by atoms with Crippen molar-refractivity contribution < 1.29 is 24.2 Å². The molecule has 0 amide bonds. The first-order valence-electron chi connectivity index (χ1n) is 11.2. The van der Waals surface area contributed by atoms with Crippen LogP contribution in [0.1, 0.15) is 33.6 Å². The summed E-state index contributed by atoms with van der Waals surface area (Å²) in [4.78, 5) is 24.4. The van der Waals surface area contributed by atoms with Gasteiger partial charge in [-0.2, -0.15) is 0 Å². The van der Waals surface area contributed by atoms with E-state index in [4.69, 9.17) is 9.47 Å². The maximum atomic E-state index is 13.2. The first-order chi connectivity index (χ1) is 16.5. The quantitative estimate of drug-likeness (QED) is 0.329. The number of carboxylic acid groups (broad SMARTS) is 1. The van der Waals surface area contributed by atoms with Gasteiger partial charge >= 0.3 is 5.97 Å². The highest BCUT2D eigenvalue weighted by atomic mass is 16.5. The molecule has 1 aromatic heterocycles. The zero-order chi connectivity index (χ0) is 23.9. The molecule has 174 valence electrons. The number of aliphatic carboxylic acids is 1. The number of aryl methyl sites for hydroxylation is 1. The van der Waals surface area contributed by atoms with Crippen molar-refractivity contribution in [3.8, 4) is 5.75 Å². The van der Waals surface area contributed by atoms with E-state index in [1.54, 1.807) is 41.0 Å². The number of nitrogens with zero attached hydrogens (tertiary/aromatic N) is 1. The predicted molar refractivity (Wildman–Crippen MR) is 130 cm³/mol. The number of hydrogen-bond donors (Lipinski definition) is 1. The van der Waals surface area contributed by atoms with Crippen LogP contribution in [0.25, 0.3) is 10.9 Å². The lowest BCUT2D eigenvalue weighted by molar-refractivity contribution is -0.136. The largest absolute Gasteiger partial charge is 0.494 e. The SMILES string of the molecule is Cc1cc2c(CC(=O)O)cccc2n1C(=O)c1ccc(OCCCOCc2ccccc2)cc1. The second kappa shape index (κ2) is 10.8. The lowest BCUT2D eigenvalue weighted by atomic mass is 10.1. The first kappa shape index (κ1) is 23.3. The molecule has 0 aliphatic heterocycles. The standard InChI is InChI=1S/C28H27NO5/c1-20-17-25-23(18-27(30)31)9-5-10-26(25)29(20)28(32)22-11-13-24(14-12-22)34-16-6-15-33-19-21-7-3-2-4-8-21/h2-5,7-14,17H,6,15-16,18-19H2,1H3,(H,30,31). The predicted octanol–water partition coefficient (Wildman–Crippen LogP) is 5.25. The van der Waals surface area contributed by atoms with E-state index < -0.39 is 5.97 Å². The molecule has 0 fully saturated rings. The molecule has 0 aliphatic rings. The summed E-state index contributed by atoms with van der Waals surface area (Å²) in [6, 6.07) is 24.4. The van der Waals surface area contributed by atoms with Gasteiger partial charge < -0.3 is 14.6 Å². The Kier molecular flexibility index (Phi) is 7.40. The van der Waals surface area contributed by atoms with Crippen LogP contribution in [0.4, 0.5) is 0 Å². The van der Waals surface area contributed by atoms with Crippen LogP contribution < -0.4 is 4.74 Å². The minimum absolute atomic E-state index is 0.0850. The monoisotopic (exact) mass is 457 g/mol. The van der Waals surface area contributed by atoms with Crippen LogP contribution in [0, 0.1) is 6.92 Å². The van der Waals surface area contributed by atoms with Crippen molar-refractivity contribution in [3.63, 3.8) is 0 Å². The van der Waals surface area contributed by atoms with Crippen LogP contribution in [0.2, 0.25) is 0 Å².